The van der Waals surface area contributed by atoms with Gasteiger partial charge in [0.1, 0.15) is 11.5 Å². The first-order valence-corrected chi connectivity index (χ1v) is 8.89. The van der Waals surface area contributed by atoms with Gasteiger partial charge in [-0.15, -0.1) is 0 Å². The lowest BCUT2D eigenvalue weighted by atomic mass is 10.1. The third-order valence-electron chi connectivity index (χ3n) is 4.01. The third-order valence-corrected chi connectivity index (χ3v) is 4.01. The molecule has 0 atom stereocenters. The average molecular weight is 349 g/mol. The van der Waals surface area contributed by atoms with E-state index in [4.69, 9.17) is 9.47 Å². The first-order valence-electron chi connectivity index (χ1n) is 8.89. The largest absolute Gasteiger partial charge is 0.491 e. The van der Waals surface area contributed by atoms with E-state index < -0.39 is 0 Å². The van der Waals surface area contributed by atoms with Crippen molar-refractivity contribution in [2.45, 2.75) is 19.8 Å². The van der Waals surface area contributed by atoms with Gasteiger partial charge in [-0.1, -0.05) is 55.8 Å². The van der Waals surface area contributed by atoms with Crippen molar-refractivity contribution < 1.29 is 14.3 Å². The molecule has 134 valence electrons. The molecule has 0 aliphatic rings. The number of carbonyl (C=O) groups excluding carboxylic acids is 1. The van der Waals surface area contributed by atoms with E-state index in [0.29, 0.717) is 23.8 Å². The predicted molar refractivity (Wildman–Crippen MR) is 105 cm³/mol. The fourth-order valence-corrected chi connectivity index (χ4v) is 2.61. The topological polar surface area (TPSA) is 47.6 Å². The lowest BCUT2D eigenvalue weighted by molar-refractivity contribution is -0.118. The van der Waals surface area contributed by atoms with Gasteiger partial charge in [-0.2, -0.15) is 0 Å². The van der Waals surface area contributed by atoms with Crippen molar-refractivity contribution in [1.29, 1.82) is 0 Å². The van der Waals surface area contributed by atoms with Crippen molar-refractivity contribution >= 4 is 22.4 Å². The van der Waals surface area contributed by atoms with Gasteiger partial charge < -0.3 is 14.8 Å². The summed E-state index contributed by atoms with van der Waals surface area (Å²) >= 11 is 0. The van der Waals surface area contributed by atoms with E-state index in [1.165, 1.54) is 0 Å². The maximum absolute atomic E-state index is 12.2. The van der Waals surface area contributed by atoms with Crippen LogP contribution in [0.5, 0.6) is 11.5 Å². The fraction of sp³-hybridized carbons (Fsp3) is 0.227. The predicted octanol–water partition coefficient (Wildman–Crippen LogP) is 5.04. The van der Waals surface area contributed by atoms with Crippen molar-refractivity contribution in [3.8, 4) is 11.5 Å². The summed E-state index contributed by atoms with van der Waals surface area (Å²) in [6.07, 6.45) is 2.04. The SMILES string of the molecule is CCCCOc1ccccc1NC(=O)COc1ccc2ccccc2c1. The molecule has 4 nitrogen and oxygen atoms in total. The summed E-state index contributed by atoms with van der Waals surface area (Å²) in [6, 6.07) is 21.3. The molecule has 1 N–H and O–H groups in total. The molecule has 0 spiro atoms. The minimum Gasteiger partial charge on any atom is -0.491 e. The van der Waals surface area contributed by atoms with E-state index >= 15 is 0 Å². The molecule has 4 heteroatoms. The molecule has 0 aliphatic carbocycles. The zero-order valence-electron chi connectivity index (χ0n) is 14.9. The van der Waals surface area contributed by atoms with Gasteiger partial charge in [-0.3, -0.25) is 4.79 Å². The van der Waals surface area contributed by atoms with Crippen LogP contribution >= 0.6 is 0 Å². The highest BCUT2D eigenvalue weighted by Gasteiger charge is 2.08. The van der Waals surface area contributed by atoms with E-state index in [1.807, 2.05) is 66.7 Å². The fourth-order valence-electron chi connectivity index (χ4n) is 2.61. The van der Waals surface area contributed by atoms with Crippen LogP contribution in [0.1, 0.15) is 19.8 Å². The summed E-state index contributed by atoms with van der Waals surface area (Å²) in [5, 5.41) is 5.08. The molecule has 1 amide bonds. The summed E-state index contributed by atoms with van der Waals surface area (Å²) in [6.45, 7) is 2.69. The Morgan fingerprint density at radius 2 is 1.69 bits per heavy atom. The Morgan fingerprint density at radius 1 is 0.923 bits per heavy atom. The standard InChI is InChI=1S/C22H23NO3/c1-2-3-14-25-21-11-7-6-10-20(21)23-22(24)16-26-19-13-12-17-8-4-5-9-18(17)15-19/h4-13,15H,2-3,14,16H2,1H3,(H,23,24). The zero-order valence-corrected chi connectivity index (χ0v) is 14.9. The number of rotatable bonds is 8. The van der Waals surface area contributed by atoms with E-state index in [9.17, 15) is 4.79 Å². The summed E-state index contributed by atoms with van der Waals surface area (Å²) in [4.78, 5) is 12.2. The monoisotopic (exact) mass is 349 g/mol. The van der Waals surface area contributed by atoms with Crippen LogP contribution in [-0.4, -0.2) is 19.1 Å². The van der Waals surface area contributed by atoms with E-state index in [-0.39, 0.29) is 12.5 Å². The number of ether oxygens (including phenoxy) is 2. The minimum atomic E-state index is -0.218. The first-order chi connectivity index (χ1) is 12.8. The zero-order chi connectivity index (χ0) is 18.2. The van der Waals surface area contributed by atoms with Gasteiger partial charge in [0, 0.05) is 0 Å². The van der Waals surface area contributed by atoms with Crippen LogP contribution in [0.2, 0.25) is 0 Å². The highest BCUT2D eigenvalue weighted by Crippen LogP contribution is 2.24. The van der Waals surface area contributed by atoms with Gasteiger partial charge in [0.2, 0.25) is 0 Å². The van der Waals surface area contributed by atoms with Crippen LogP contribution in [0, 0.1) is 0 Å². The van der Waals surface area contributed by atoms with Crippen LogP contribution in [0.25, 0.3) is 10.8 Å². The summed E-state index contributed by atoms with van der Waals surface area (Å²) in [7, 11) is 0. The highest BCUT2D eigenvalue weighted by atomic mass is 16.5. The number of hydrogen-bond donors (Lipinski definition) is 1. The number of para-hydroxylation sites is 2. The quantitative estimate of drug-likeness (QED) is 0.580. The van der Waals surface area contributed by atoms with E-state index in [2.05, 4.69) is 12.2 Å². The van der Waals surface area contributed by atoms with Gasteiger partial charge in [0.05, 0.1) is 12.3 Å². The molecule has 0 saturated heterocycles. The summed E-state index contributed by atoms with van der Waals surface area (Å²) in [5.74, 6) is 1.14. The van der Waals surface area contributed by atoms with Crippen molar-refractivity contribution in [1.82, 2.24) is 0 Å². The molecule has 0 unspecified atom stereocenters. The van der Waals surface area contributed by atoms with Crippen LogP contribution in [0.4, 0.5) is 5.69 Å². The lowest BCUT2D eigenvalue weighted by Crippen LogP contribution is -2.20. The number of anilines is 1. The first kappa shape index (κ1) is 17.8. The van der Waals surface area contributed by atoms with Gasteiger partial charge in [0.15, 0.2) is 6.61 Å². The number of nitrogens with one attached hydrogen (secondary N) is 1. The number of carbonyl (C=O) groups is 1. The number of fused-ring (bicyclic) bond motifs is 1. The summed E-state index contributed by atoms with van der Waals surface area (Å²) in [5.41, 5.74) is 0.663. The van der Waals surface area contributed by atoms with Crippen LogP contribution < -0.4 is 14.8 Å². The molecule has 0 heterocycles. The summed E-state index contributed by atoms with van der Waals surface area (Å²) < 4.78 is 11.4. The Labute approximate surface area is 153 Å². The molecule has 3 aromatic carbocycles. The molecule has 26 heavy (non-hydrogen) atoms. The number of amides is 1. The minimum absolute atomic E-state index is 0.0539. The van der Waals surface area contributed by atoms with Crippen LogP contribution in [-0.2, 0) is 4.79 Å². The van der Waals surface area contributed by atoms with Gasteiger partial charge >= 0.3 is 0 Å². The maximum Gasteiger partial charge on any atom is 0.262 e. The highest BCUT2D eigenvalue weighted by molar-refractivity contribution is 5.93. The Hall–Kier alpha value is -3.01. The van der Waals surface area contributed by atoms with E-state index in [0.717, 1.165) is 23.6 Å². The molecule has 0 saturated carbocycles. The molecular weight excluding hydrogens is 326 g/mol. The van der Waals surface area contributed by atoms with Crippen molar-refractivity contribution in [3.63, 3.8) is 0 Å². The Kier molecular flexibility index (Phi) is 6.09. The van der Waals surface area contributed by atoms with Gasteiger partial charge in [-0.25, -0.2) is 0 Å². The van der Waals surface area contributed by atoms with Gasteiger partial charge in [-0.05, 0) is 41.5 Å². The Balaban J connectivity index is 1.58. The third kappa shape index (κ3) is 4.76. The average Bonchev–Trinajstić information content (AvgIpc) is 2.68. The van der Waals surface area contributed by atoms with Crippen molar-refractivity contribution in [2.75, 3.05) is 18.5 Å². The number of benzene rings is 3. The van der Waals surface area contributed by atoms with Crippen LogP contribution in [0.3, 0.4) is 0 Å². The molecule has 3 aromatic rings. The van der Waals surface area contributed by atoms with Crippen LogP contribution in [0.15, 0.2) is 66.7 Å². The molecule has 3 rings (SSSR count). The van der Waals surface area contributed by atoms with Gasteiger partial charge in [0.25, 0.3) is 5.91 Å². The second-order valence-corrected chi connectivity index (χ2v) is 6.04. The van der Waals surface area contributed by atoms with Crippen molar-refractivity contribution in [3.05, 3.63) is 66.7 Å². The lowest BCUT2D eigenvalue weighted by Gasteiger charge is -2.13. The molecular formula is C22H23NO3. The molecule has 0 bridgehead atoms. The number of unbranched alkanes of at least 4 members (excludes halogenated alkanes) is 1. The van der Waals surface area contributed by atoms with E-state index in [1.54, 1.807) is 0 Å². The molecule has 0 aliphatic heterocycles. The normalized spacial score (nSPS) is 10.5. The Bertz CT molecular complexity index is 876. The maximum atomic E-state index is 12.2. The molecule has 0 fully saturated rings. The molecule has 0 aromatic heterocycles. The second-order valence-electron chi connectivity index (χ2n) is 6.04. The molecule has 0 radical (unpaired) electrons. The Morgan fingerprint density at radius 3 is 2.54 bits per heavy atom. The van der Waals surface area contributed by atoms with Crippen molar-refractivity contribution in [2.24, 2.45) is 0 Å². The smallest absolute Gasteiger partial charge is 0.262 e. The number of hydrogen-bond acceptors (Lipinski definition) is 3. The second kappa shape index (κ2) is 8.90.